The molecule has 1 aliphatic carbocycles. The van der Waals surface area contributed by atoms with E-state index in [0.717, 1.165) is 0 Å². The van der Waals surface area contributed by atoms with Crippen molar-refractivity contribution in [3.63, 3.8) is 0 Å². The summed E-state index contributed by atoms with van der Waals surface area (Å²) in [6.07, 6.45) is 6.09. The monoisotopic (exact) mass is 185 g/mol. The summed E-state index contributed by atoms with van der Waals surface area (Å²) in [4.78, 5) is 0. The van der Waals surface area contributed by atoms with Crippen molar-refractivity contribution in [3.05, 3.63) is 0 Å². The highest BCUT2D eigenvalue weighted by Gasteiger charge is 2.25. The van der Waals surface area contributed by atoms with E-state index in [4.69, 9.17) is 0 Å². The number of hydrogen-bond acceptors (Lipinski definition) is 2. The van der Waals surface area contributed by atoms with Crippen LogP contribution >= 0.6 is 0 Å². The number of nitrogens with one attached hydrogen (secondary N) is 1. The molecule has 0 aromatic heterocycles. The van der Waals surface area contributed by atoms with Crippen LogP contribution in [0.5, 0.6) is 0 Å². The summed E-state index contributed by atoms with van der Waals surface area (Å²) in [7, 11) is 0. The molecule has 1 aliphatic rings. The Morgan fingerprint density at radius 1 is 1.15 bits per heavy atom. The van der Waals surface area contributed by atoms with Gasteiger partial charge in [0, 0.05) is 11.5 Å². The van der Waals surface area contributed by atoms with Gasteiger partial charge in [-0.3, -0.25) is 5.32 Å². The predicted octanol–water partition coefficient (Wildman–Crippen LogP) is 2.27. The maximum atomic E-state index is 9.83. The van der Waals surface area contributed by atoms with Gasteiger partial charge in [-0.2, -0.15) is 0 Å². The Hall–Kier alpha value is -0.0800. The SMILES string of the molecule is CC(C)(C)C(O)NC1CCCCC1. The summed E-state index contributed by atoms with van der Waals surface area (Å²) in [6, 6.07) is 0.544. The van der Waals surface area contributed by atoms with E-state index in [1.807, 2.05) is 0 Å². The zero-order chi connectivity index (χ0) is 9.90. The lowest BCUT2D eigenvalue weighted by Gasteiger charge is -2.32. The molecular weight excluding hydrogens is 162 g/mol. The van der Waals surface area contributed by atoms with Gasteiger partial charge in [-0.1, -0.05) is 40.0 Å². The Bertz CT molecular complexity index is 145. The van der Waals surface area contributed by atoms with Gasteiger partial charge in [0.05, 0.1) is 0 Å². The summed E-state index contributed by atoms with van der Waals surface area (Å²) in [6.45, 7) is 6.19. The molecule has 78 valence electrons. The molecule has 1 saturated carbocycles. The van der Waals surface area contributed by atoms with Crippen molar-refractivity contribution in [1.82, 2.24) is 5.32 Å². The van der Waals surface area contributed by atoms with E-state index < -0.39 is 0 Å². The van der Waals surface area contributed by atoms with Crippen molar-refractivity contribution in [2.24, 2.45) is 5.41 Å². The molecule has 0 bridgehead atoms. The predicted molar refractivity (Wildman–Crippen MR) is 55.5 cm³/mol. The molecule has 0 aromatic rings. The van der Waals surface area contributed by atoms with Crippen LogP contribution < -0.4 is 5.32 Å². The standard InChI is InChI=1S/C11H23NO/c1-11(2,3)10(13)12-9-7-5-4-6-8-9/h9-10,12-13H,4-8H2,1-3H3. The minimum atomic E-state index is -0.365. The second-order valence-electron chi connectivity index (χ2n) is 5.27. The van der Waals surface area contributed by atoms with Gasteiger partial charge in [-0.05, 0) is 12.8 Å². The molecule has 1 unspecified atom stereocenters. The van der Waals surface area contributed by atoms with Crippen LogP contribution in [-0.4, -0.2) is 17.4 Å². The number of rotatable bonds is 2. The molecule has 1 fully saturated rings. The molecule has 2 heteroatoms. The van der Waals surface area contributed by atoms with Gasteiger partial charge in [-0.15, -0.1) is 0 Å². The quantitative estimate of drug-likeness (QED) is 0.647. The van der Waals surface area contributed by atoms with Crippen LogP contribution in [0.1, 0.15) is 52.9 Å². The van der Waals surface area contributed by atoms with Crippen LogP contribution in [0, 0.1) is 5.41 Å². The highest BCUT2D eigenvalue weighted by molar-refractivity contribution is 4.78. The maximum absolute atomic E-state index is 9.83. The third-order valence-electron chi connectivity index (χ3n) is 2.82. The lowest BCUT2D eigenvalue weighted by molar-refractivity contribution is 0.0188. The van der Waals surface area contributed by atoms with Crippen LogP contribution in [0.3, 0.4) is 0 Å². The normalized spacial score (nSPS) is 23.1. The van der Waals surface area contributed by atoms with Crippen LogP contribution in [0.4, 0.5) is 0 Å². The maximum Gasteiger partial charge on any atom is 0.109 e. The van der Waals surface area contributed by atoms with Crippen molar-refractivity contribution in [2.45, 2.75) is 65.1 Å². The zero-order valence-corrected chi connectivity index (χ0v) is 9.14. The van der Waals surface area contributed by atoms with Crippen molar-refractivity contribution >= 4 is 0 Å². The third kappa shape index (κ3) is 3.65. The second-order valence-corrected chi connectivity index (χ2v) is 5.27. The van der Waals surface area contributed by atoms with Gasteiger partial charge >= 0.3 is 0 Å². The van der Waals surface area contributed by atoms with E-state index >= 15 is 0 Å². The van der Waals surface area contributed by atoms with Crippen molar-refractivity contribution in [2.75, 3.05) is 0 Å². The van der Waals surface area contributed by atoms with E-state index in [9.17, 15) is 5.11 Å². The fourth-order valence-electron chi connectivity index (χ4n) is 1.74. The van der Waals surface area contributed by atoms with Gasteiger partial charge < -0.3 is 5.11 Å². The molecule has 1 atom stereocenters. The summed E-state index contributed by atoms with van der Waals surface area (Å²) in [5.41, 5.74) is -0.0442. The third-order valence-corrected chi connectivity index (χ3v) is 2.82. The Labute approximate surface area is 81.7 Å². The minimum Gasteiger partial charge on any atom is -0.378 e. The molecule has 0 aromatic carbocycles. The van der Waals surface area contributed by atoms with Crippen molar-refractivity contribution in [1.29, 1.82) is 0 Å². The van der Waals surface area contributed by atoms with E-state index in [1.165, 1.54) is 32.1 Å². The average Bonchev–Trinajstić information content (AvgIpc) is 2.04. The number of aliphatic hydroxyl groups excluding tert-OH is 1. The number of aliphatic hydroxyl groups is 1. The largest absolute Gasteiger partial charge is 0.378 e. The zero-order valence-electron chi connectivity index (χ0n) is 9.14. The van der Waals surface area contributed by atoms with Gasteiger partial charge in [-0.25, -0.2) is 0 Å². The Balaban J connectivity index is 2.30. The molecule has 13 heavy (non-hydrogen) atoms. The number of hydrogen-bond donors (Lipinski definition) is 2. The average molecular weight is 185 g/mol. The van der Waals surface area contributed by atoms with E-state index in [-0.39, 0.29) is 11.6 Å². The molecule has 0 aliphatic heterocycles. The minimum absolute atomic E-state index is 0.0442. The molecule has 0 heterocycles. The Kier molecular flexibility index (Phi) is 3.74. The summed E-state index contributed by atoms with van der Waals surface area (Å²) < 4.78 is 0. The first kappa shape index (κ1) is 11.0. The Morgan fingerprint density at radius 3 is 2.15 bits per heavy atom. The fourth-order valence-corrected chi connectivity index (χ4v) is 1.74. The Morgan fingerprint density at radius 2 is 1.69 bits per heavy atom. The molecule has 0 saturated heterocycles. The fraction of sp³-hybridized carbons (Fsp3) is 1.00. The molecule has 0 amide bonds. The molecule has 2 N–H and O–H groups in total. The van der Waals surface area contributed by atoms with Gasteiger partial charge in [0.1, 0.15) is 6.23 Å². The van der Waals surface area contributed by atoms with E-state index in [1.54, 1.807) is 0 Å². The van der Waals surface area contributed by atoms with E-state index in [0.29, 0.717) is 6.04 Å². The highest BCUT2D eigenvalue weighted by atomic mass is 16.3. The summed E-state index contributed by atoms with van der Waals surface area (Å²) >= 11 is 0. The first-order valence-corrected chi connectivity index (χ1v) is 5.44. The lowest BCUT2D eigenvalue weighted by atomic mass is 9.91. The van der Waals surface area contributed by atoms with Crippen LogP contribution in [0.15, 0.2) is 0 Å². The summed E-state index contributed by atoms with van der Waals surface area (Å²) in [5, 5.41) is 13.1. The van der Waals surface area contributed by atoms with Crippen molar-refractivity contribution in [3.8, 4) is 0 Å². The van der Waals surface area contributed by atoms with Crippen LogP contribution in [0.25, 0.3) is 0 Å². The van der Waals surface area contributed by atoms with Crippen LogP contribution in [-0.2, 0) is 0 Å². The molecule has 1 rings (SSSR count). The molecule has 2 nitrogen and oxygen atoms in total. The first-order valence-electron chi connectivity index (χ1n) is 5.44. The molecule has 0 radical (unpaired) electrons. The van der Waals surface area contributed by atoms with Gasteiger partial charge in [0.15, 0.2) is 0 Å². The summed E-state index contributed by atoms with van der Waals surface area (Å²) in [5.74, 6) is 0. The van der Waals surface area contributed by atoms with Crippen LogP contribution in [0.2, 0.25) is 0 Å². The lowest BCUT2D eigenvalue weighted by Crippen LogP contribution is -2.46. The highest BCUT2D eigenvalue weighted by Crippen LogP contribution is 2.22. The smallest absolute Gasteiger partial charge is 0.109 e. The second kappa shape index (κ2) is 4.43. The van der Waals surface area contributed by atoms with E-state index in [2.05, 4.69) is 26.1 Å². The van der Waals surface area contributed by atoms with Gasteiger partial charge in [0.2, 0.25) is 0 Å². The van der Waals surface area contributed by atoms with Crippen molar-refractivity contribution < 1.29 is 5.11 Å². The first-order chi connectivity index (χ1) is 6.00. The topological polar surface area (TPSA) is 32.3 Å². The van der Waals surface area contributed by atoms with Gasteiger partial charge in [0.25, 0.3) is 0 Å². The molecule has 0 spiro atoms. The molecular formula is C11H23NO.